The Morgan fingerprint density at radius 3 is 2.80 bits per heavy atom. The van der Waals surface area contributed by atoms with E-state index in [1.54, 1.807) is 22.2 Å². The summed E-state index contributed by atoms with van der Waals surface area (Å²) < 4.78 is 7.58. The molecule has 0 radical (unpaired) electrons. The molecule has 4 rings (SSSR count). The van der Waals surface area contributed by atoms with Crippen LogP contribution in [-0.2, 0) is 19.4 Å². The van der Waals surface area contributed by atoms with Crippen LogP contribution in [0, 0.1) is 13.8 Å². The van der Waals surface area contributed by atoms with E-state index in [9.17, 15) is 4.79 Å². The van der Waals surface area contributed by atoms with Crippen molar-refractivity contribution in [2.75, 3.05) is 6.61 Å². The first kappa shape index (κ1) is 16.3. The molecule has 0 aliphatic heterocycles. The van der Waals surface area contributed by atoms with Crippen molar-refractivity contribution in [1.82, 2.24) is 9.55 Å². The van der Waals surface area contributed by atoms with Crippen LogP contribution in [0.3, 0.4) is 0 Å². The molecule has 0 spiro atoms. The number of thiophene rings is 1. The molecule has 2 aromatic heterocycles. The lowest BCUT2D eigenvalue weighted by Crippen LogP contribution is -2.21. The quantitative estimate of drug-likeness (QED) is 0.650. The Bertz CT molecular complexity index is 967. The van der Waals surface area contributed by atoms with Crippen LogP contribution in [0.15, 0.2) is 29.3 Å². The van der Waals surface area contributed by atoms with Crippen LogP contribution in [0.25, 0.3) is 10.2 Å². The summed E-state index contributed by atoms with van der Waals surface area (Å²) in [6.45, 7) is 5.37. The molecule has 0 saturated heterocycles. The summed E-state index contributed by atoms with van der Waals surface area (Å²) in [5.41, 5.74) is 3.76. The number of nitrogens with zero attached hydrogens (tertiary/aromatic N) is 2. The number of hydrogen-bond acceptors (Lipinski definition) is 4. The van der Waals surface area contributed by atoms with Gasteiger partial charge in [0.2, 0.25) is 0 Å². The van der Waals surface area contributed by atoms with E-state index in [1.807, 2.05) is 12.1 Å². The van der Waals surface area contributed by atoms with E-state index in [2.05, 4.69) is 24.9 Å². The van der Waals surface area contributed by atoms with Crippen molar-refractivity contribution in [2.24, 2.45) is 0 Å². The largest absolute Gasteiger partial charge is 0.494 e. The van der Waals surface area contributed by atoms with Crippen molar-refractivity contribution >= 4 is 21.6 Å². The third-order valence-electron chi connectivity index (χ3n) is 4.70. The van der Waals surface area contributed by atoms with E-state index in [0.717, 1.165) is 41.6 Å². The first-order chi connectivity index (χ1) is 12.1. The van der Waals surface area contributed by atoms with Gasteiger partial charge in [-0.3, -0.25) is 9.36 Å². The van der Waals surface area contributed by atoms with Crippen molar-refractivity contribution in [3.8, 4) is 5.75 Å². The van der Waals surface area contributed by atoms with Crippen molar-refractivity contribution in [1.29, 1.82) is 0 Å². The van der Waals surface area contributed by atoms with Crippen molar-refractivity contribution in [3.63, 3.8) is 0 Å². The highest BCUT2D eigenvalue weighted by Crippen LogP contribution is 2.34. The molecule has 1 aromatic carbocycles. The van der Waals surface area contributed by atoms with Crippen LogP contribution in [-0.4, -0.2) is 16.2 Å². The van der Waals surface area contributed by atoms with Gasteiger partial charge in [-0.1, -0.05) is 6.07 Å². The van der Waals surface area contributed by atoms with Gasteiger partial charge in [-0.05, 0) is 68.4 Å². The molecule has 0 saturated carbocycles. The molecule has 5 heteroatoms. The van der Waals surface area contributed by atoms with E-state index in [4.69, 9.17) is 4.74 Å². The Morgan fingerprint density at radius 2 is 2.00 bits per heavy atom. The van der Waals surface area contributed by atoms with Gasteiger partial charge in [0, 0.05) is 11.4 Å². The molecule has 2 heterocycles. The standard InChI is InChI=1S/C20H22N2O2S/c1-13-9-14(2)11-15(10-13)24-8-4-7-22-12-21-19-18(20(22)23)16-5-3-6-17(16)25-19/h9-12H,3-8H2,1-2H3. The Hall–Kier alpha value is -2.14. The molecular formula is C20H22N2O2S. The first-order valence-electron chi connectivity index (χ1n) is 8.82. The molecule has 25 heavy (non-hydrogen) atoms. The van der Waals surface area contributed by atoms with Gasteiger partial charge in [0.1, 0.15) is 10.6 Å². The van der Waals surface area contributed by atoms with Crippen LogP contribution in [0.2, 0.25) is 0 Å². The zero-order valence-corrected chi connectivity index (χ0v) is 15.5. The molecule has 1 aliphatic rings. The Kier molecular flexibility index (Phi) is 4.34. The van der Waals surface area contributed by atoms with Crippen molar-refractivity contribution < 1.29 is 4.74 Å². The molecule has 3 aromatic rings. The number of fused-ring (bicyclic) bond motifs is 3. The maximum absolute atomic E-state index is 12.8. The van der Waals surface area contributed by atoms with E-state index < -0.39 is 0 Å². The molecule has 0 unspecified atom stereocenters. The Morgan fingerprint density at radius 1 is 1.20 bits per heavy atom. The fourth-order valence-electron chi connectivity index (χ4n) is 3.62. The Balaban J connectivity index is 1.44. The van der Waals surface area contributed by atoms with Crippen LogP contribution >= 0.6 is 11.3 Å². The lowest BCUT2D eigenvalue weighted by atomic mass is 10.1. The lowest BCUT2D eigenvalue weighted by molar-refractivity contribution is 0.300. The number of rotatable bonds is 5. The minimum Gasteiger partial charge on any atom is -0.494 e. The summed E-state index contributed by atoms with van der Waals surface area (Å²) in [6, 6.07) is 6.22. The Labute approximate surface area is 151 Å². The fourth-order valence-corrected chi connectivity index (χ4v) is 4.84. The van der Waals surface area contributed by atoms with Gasteiger partial charge < -0.3 is 4.74 Å². The molecule has 0 atom stereocenters. The third-order valence-corrected chi connectivity index (χ3v) is 5.90. The van der Waals surface area contributed by atoms with E-state index >= 15 is 0 Å². The fraction of sp³-hybridized carbons (Fsp3) is 0.400. The minimum absolute atomic E-state index is 0.107. The SMILES string of the molecule is Cc1cc(C)cc(OCCCn2cnc3sc4c(c3c2=O)CCC4)c1. The molecule has 1 aliphatic carbocycles. The monoisotopic (exact) mass is 354 g/mol. The summed E-state index contributed by atoms with van der Waals surface area (Å²) in [4.78, 5) is 19.6. The molecule has 0 bridgehead atoms. The summed E-state index contributed by atoms with van der Waals surface area (Å²) in [5.74, 6) is 0.897. The molecule has 130 valence electrons. The summed E-state index contributed by atoms with van der Waals surface area (Å²) in [5, 5.41) is 0.857. The predicted octanol–water partition coefficient (Wildman–Crippen LogP) is 4.03. The first-order valence-corrected chi connectivity index (χ1v) is 9.64. The lowest BCUT2D eigenvalue weighted by Gasteiger charge is -2.09. The van der Waals surface area contributed by atoms with Crippen LogP contribution < -0.4 is 10.3 Å². The van der Waals surface area contributed by atoms with Crippen LogP contribution in [0.4, 0.5) is 0 Å². The highest BCUT2D eigenvalue weighted by molar-refractivity contribution is 7.18. The molecule has 4 nitrogen and oxygen atoms in total. The third kappa shape index (κ3) is 3.21. The van der Waals surface area contributed by atoms with E-state index in [1.165, 1.54) is 21.6 Å². The van der Waals surface area contributed by atoms with E-state index in [-0.39, 0.29) is 5.56 Å². The van der Waals surface area contributed by atoms with Gasteiger partial charge >= 0.3 is 0 Å². The topological polar surface area (TPSA) is 44.1 Å². The second-order valence-electron chi connectivity index (χ2n) is 6.81. The van der Waals surface area contributed by atoms with Gasteiger partial charge in [-0.15, -0.1) is 11.3 Å². The highest BCUT2D eigenvalue weighted by atomic mass is 32.1. The number of ether oxygens (including phenoxy) is 1. The van der Waals surface area contributed by atoms with Gasteiger partial charge in [0.05, 0.1) is 18.3 Å². The van der Waals surface area contributed by atoms with Crippen LogP contribution in [0.5, 0.6) is 5.75 Å². The average Bonchev–Trinajstić information content (AvgIpc) is 3.13. The van der Waals surface area contributed by atoms with Crippen LogP contribution in [0.1, 0.15) is 34.4 Å². The van der Waals surface area contributed by atoms with Gasteiger partial charge in [-0.2, -0.15) is 0 Å². The van der Waals surface area contributed by atoms with Crippen molar-refractivity contribution in [2.45, 2.75) is 46.1 Å². The smallest absolute Gasteiger partial charge is 0.262 e. The predicted molar refractivity (Wildman–Crippen MR) is 102 cm³/mol. The van der Waals surface area contributed by atoms with E-state index in [0.29, 0.717) is 13.2 Å². The highest BCUT2D eigenvalue weighted by Gasteiger charge is 2.21. The summed E-state index contributed by atoms with van der Waals surface area (Å²) in [7, 11) is 0. The maximum atomic E-state index is 12.8. The molecule has 0 amide bonds. The summed E-state index contributed by atoms with van der Waals surface area (Å²) in [6.07, 6.45) is 5.75. The molecule has 0 N–H and O–H groups in total. The molecular weight excluding hydrogens is 332 g/mol. The normalized spacial score (nSPS) is 13.4. The van der Waals surface area contributed by atoms with Gasteiger partial charge in [0.15, 0.2) is 0 Å². The minimum atomic E-state index is 0.107. The number of aromatic nitrogens is 2. The number of hydrogen-bond donors (Lipinski definition) is 0. The summed E-state index contributed by atoms with van der Waals surface area (Å²) >= 11 is 1.69. The van der Waals surface area contributed by atoms with Gasteiger partial charge in [0.25, 0.3) is 5.56 Å². The number of aryl methyl sites for hydroxylation is 5. The second kappa shape index (κ2) is 6.64. The molecule has 0 fully saturated rings. The number of benzene rings is 1. The van der Waals surface area contributed by atoms with Crippen molar-refractivity contribution in [3.05, 3.63) is 56.4 Å². The maximum Gasteiger partial charge on any atom is 0.262 e. The second-order valence-corrected chi connectivity index (χ2v) is 7.89. The van der Waals surface area contributed by atoms with Gasteiger partial charge in [-0.25, -0.2) is 4.98 Å². The zero-order chi connectivity index (χ0) is 17.4. The zero-order valence-electron chi connectivity index (χ0n) is 14.7. The average molecular weight is 354 g/mol.